The van der Waals surface area contributed by atoms with E-state index in [9.17, 15) is 4.79 Å². The molecule has 0 aliphatic carbocycles. The Labute approximate surface area is 123 Å². The third-order valence-corrected chi connectivity index (χ3v) is 3.63. The number of carbonyl (C=O) groups is 1. The van der Waals surface area contributed by atoms with E-state index in [1.165, 1.54) is 5.56 Å². The van der Waals surface area contributed by atoms with Crippen LogP contribution in [0.1, 0.15) is 28.6 Å². The SMILES string of the molecule is Cc1[nH]ncc1CCCNC(=O)C(Cl)c1ccccc1. The Morgan fingerprint density at radius 1 is 1.40 bits per heavy atom. The van der Waals surface area contributed by atoms with Crippen molar-refractivity contribution < 1.29 is 4.79 Å². The highest BCUT2D eigenvalue weighted by atomic mass is 35.5. The van der Waals surface area contributed by atoms with Crippen molar-refractivity contribution in [1.29, 1.82) is 0 Å². The molecule has 0 aliphatic rings. The highest BCUT2D eigenvalue weighted by Crippen LogP contribution is 2.19. The number of nitrogens with one attached hydrogen (secondary N) is 2. The number of H-pyrrole nitrogens is 1. The zero-order chi connectivity index (χ0) is 14.4. The Bertz CT molecular complexity index is 553. The lowest BCUT2D eigenvalue weighted by molar-refractivity contribution is -0.120. The third kappa shape index (κ3) is 3.84. The first-order chi connectivity index (χ1) is 9.68. The van der Waals surface area contributed by atoms with Crippen molar-refractivity contribution in [1.82, 2.24) is 15.5 Å². The van der Waals surface area contributed by atoms with E-state index < -0.39 is 5.38 Å². The van der Waals surface area contributed by atoms with E-state index in [1.807, 2.05) is 43.5 Å². The first-order valence-corrected chi connectivity index (χ1v) is 7.07. The van der Waals surface area contributed by atoms with Gasteiger partial charge in [0, 0.05) is 12.2 Å². The number of aromatic nitrogens is 2. The van der Waals surface area contributed by atoms with Crippen LogP contribution in [-0.2, 0) is 11.2 Å². The molecule has 0 radical (unpaired) electrons. The monoisotopic (exact) mass is 291 g/mol. The van der Waals surface area contributed by atoms with Crippen molar-refractivity contribution in [2.24, 2.45) is 0 Å². The molecule has 0 bridgehead atoms. The Kier molecular flexibility index (Phi) is 5.18. The van der Waals surface area contributed by atoms with Gasteiger partial charge in [-0.1, -0.05) is 30.3 Å². The summed E-state index contributed by atoms with van der Waals surface area (Å²) in [6, 6.07) is 9.36. The van der Waals surface area contributed by atoms with Gasteiger partial charge in [-0.05, 0) is 30.9 Å². The molecule has 2 N–H and O–H groups in total. The predicted octanol–water partition coefficient (Wildman–Crippen LogP) is 2.75. The summed E-state index contributed by atoms with van der Waals surface area (Å²) in [5.74, 6) is -0.151. The first kappa shape index (κ1) is 14.6. The van der Waals surface area contributed by atoms with Gasteiger partial charge in [-0.25, -0.2) is 0 Å². The molecule has 2 aromatic rings. The Morgan fingerprint density at radius 3 is 2.80 bits per heavy atom. The quantitative estimate of drug-likeness (QED) is 0.635. The van der Waals surface area contributed by atoms with Gasteiger partial charge in [-0.3, -0.25) is 9.89 Å². The van der Waals surface area contributed by atoms with Crippen LogP contribution in [0.15, 0.2) is 36.5 Å². The van der Waals surface area contributed by atoms with Gasteiger partial charge in [0.2, 0.25) is 5.91 Å². The summed E-state index contributed by atoms with van der Waals surface area (Å²) in [6.07, 6.45) is 3.58. The molecule has 2 rings (SSSR count). The maximum absolute atomic E-state index is 11.9. The minimum Gasteiger partial charge on any atom is -0.355 e. The minimum absolute atomic E-state index is 0.151. The molecule has 0 saturated heterocycles. The van der Waals surface area contributed by atoms with Crippen molar-refractivity contribution in [3.8, 4) is 0 Å². The van der Waals surface area contributed by atoms with Crippen LogP contribution in [0, 0.1) is 6.92 Å². The number of nitrogens with zero attached hydrogens (tertiary/aromatic N) is 1. The van der Waals surface area contributed by atoms with E-state index in [0.717, 1.165) is 24.1 Å². The predicted molar refractivity (Wildman–Crippen MR) is 79.7 cm³/mol. The van der Waals surface area contributed by atoms with Gasteiger partial charge in [0.15, 0.2) is 0 Å². The molecular formula is C15H18ClN3O. The average Bonchev–Trinajstić information content (AvgIpc) is 2.89. The molecule has 0 fully saturated rings. The fourth-order valence-electron chi connectivity index (χ4n) is 1.98. The molecule has 1 amide bonds. The Hall–Kier alpha value is -1.81. The lowest BCUT2D eigenvalue weighted by atomic mass is 10.1. The van der Waals surface area contributed by atoms with Gasteiger partial charge in [-0.15, -0.1) is 11.6 Å². The van der Waals surface area contributed by atoms with Crippen LogP contribution >= 0.6 is 11.6 Å². The largest absolute Gasteiger partial charge is 0.355 e. The van der Waals surface area contributed by atoms with Crippen LogP contribution in [0.2, 0.25) is 0 Å². The van der Waals surface area contributed by atoms with E-state index >= 15 is 0 Å². The Balaban J connectivity index is 1.74. The van der Waals surface area contributed by atoms with E-state index in [2.05, 4.69) is 15.5 Å². The van der Waals surface area contributed by atoms with Crippen LogP contribution in [0.25, 0.3) is 0 Å². The zero-order valence-corrected chi connectivity index (χ0v) is 12.2. The second-order valence-electron chi connectivity index (χ2n) is 4.69. The number of amides is 1. The number of rotatable bonds is 6. The molecule has 0 spiro atoms. The van der Waals surface area contributed by atoms with Crippen molar-refractivity contribution >= 4 is 17.5 Å². The number of aryl methyl sites for hydroxylation is 2. The van der Waals surface area contributed by atoms with Crippen LogP contribution in [0.3, 0.4) is 0 Å². The molecule has 0 aliphatic heterocycles. The van der Waals surface area contributed by atoms with E-state index in [0.29, 0.717) is 6.54 Å². The molecule has 4 nitrogen and oxygen atoms in total. The number of hydrogen-bond donors (Lipinski definition) is 2. The number of carbonyl (C=O) groups excluding carboxylic acids is 1. The summed E-state index contributed by atoms with van der Waals surface area (Å²) in [6.45, 7) is 2.60. The second kappa shape index (κ2) is 7.10. The summed E-state index contributed by atoms with van der Waals surface area (Å²) in [4.78, 5) is 11.9. The van der Waals surface area contributed by atoms with E-state index in [4.69, 9.17) is 11.6 Å². The van der Waals surface area contributed by atoms with Crippen molar-refractivity contribution in [2.45, 2.75) is 25.1 Å². The summed E-state index contributed by atoms with van der Waals surface area (Å²) >= 11 is 6.13. The van der Waals surface area contributed by atoms with Gasteiger partial charge in [0.1, 0.15) is 5.38 Å². The van der Waals surface area contributed by atoms with Crippen LogP contribution < -0.4 is 5.32 Å². The highest BCUT2D eigenvalue weighted by molar-refractivity contribution is 6.30. The highest BCUT2D eigenvalue weighted by Gasteiger charge is 2.16. The molecule has 0 saturated carbocycles. The lowest BCUT2D eigenvalue weighted by Crippen LogP contribution is -2.28. The zero-order valence-electron chi connectivity index (χ0n) is 11.4. The molecular weight excluding hydrogens is 274 g/mol. The van der Waals surface area contributed by atoms with Gasteiger partial charge in [0.25, 0.3) is 0 Å². The van der Waals surface area contributed by atoms with Crippen molar-refractivity contribution in [2.75, 3.05) is 6.54 Å². The first-order valence-electron chi connectivity index (χ1n) is 6.64. The van der Waals surface area contributed by atoms with Crippen LogP contribution in [0.5, 0.6) is 0 Å². The Morgan fingerprint density at radius 2 is 2.15 bits per heavy atom. The van der Waals surface area contributed by atoms with Gasteiger partial charge < -0.3 is 5.32 Å². The molecule has 1 unspecified atom stereocenters. The van der Waals surface area contributed by atoms with Crippen molar-refractivity contribution in [3.05, 3.63) is 53.3 Å². The maximum atomic E-state index is 11.9. The maximum Gasteiger partial charge on any atom is 0.242 e. The molecule has 1 aromatic heterocycles. The summed E-state index contributed by atoms with van der Waals surface area (Å²) < 4.78 is 0. The molecule has 106 valence electrons. The number of aromatic amines is 1. The van der Waals surface area contributed by atoms with Gasteiger partial charge in [-0.2, -0.15) is 5.10 Å². The van der Waals surface area contributed by atoms with Crippen LogP contribution in [0.4, 0.5) is 0 Å². The number of benzene rings is 1. The topological polar surface area (TPSA) is 57.8 Å². The normalized spacial score (nSPS) is 12.1. The number of hydrogen-bond acceptors (Lipinski definition) is 2. The molecule has 20 heavy (non-hydrogen) atoms. The second-order valence-corrected chi connectivity index (χ2v) is 5.12. The van der Waals surface area contributed by atoms with Crippen molar-refractivity contribution in [3.63, 3.8) is 0 Å². The van der Waals surface area contributed by atoms with Gasteiger partial charge >= 0.3 is 0 Å². The molecule has 5 heteroatoms. The fraction of sp³-hybridized carbons (Fsp3) is 0.333. The number of alkyl halides is 1. The van der Waals surface area contributed by atoms with Gasteiger partial charge in [0.05, 0.1) is 6.20 Å². The smallest absolute Gasteiger partial charge is 0.242 e. The molecule has 1 heterocycles. The lowest BCUT2D eigenvalue weighted by Gasteiger charge is -2.10. The summed E-state index contributed by atoms with van der Waals surface area (Å²) in [5.41, 5.74) is 3.08. The molecule has 1 aromatic carbocycles. The summed E-state index contributed by atoms with van der Waals surface area (Å²) in [7, 11) is 0. The number of halogens is 1. The fourth-order valence-corrected chi connectivity index (χ4v) is 2.20. The average molecular weight is 292 g/mol. The third-order valence-electron chi connectivity index (χ3n) is 3.18. The summed E-state index contributed by atoms with van der Waals surface area (Å²) in [5, 5.41) is 9.10. The molecule has 1 atom stereocenters. The van der Waals surface area contributed by atoms with E-state index in [1.54, 1.807) is 0 Å². The minimum atomic E-state index is -0.633. The standard InChI is InChI=1S/C15H18ClN3O/c1-11-13(10-18-19-11)8-5-9-17-15(20)14(16)12-6-3-2-4-7-12/h2-4,6-7,10,14H,5,8-9H2,1H3,(H,17,20)(H,18,19). The van der Waals surface area contributed by atoms with E-state index in [-0.39, 0.29) is 5.91 Å². The van der Waals surface area contributed by atoms with Crippen LogP contribution in [-0.4, -0.2) is 22.6 Å².